The topological polar surface area (TPSA) is 139 Å². The number of nitrogens with one attached hydrogen (secondary N) is 2. The highest BCUT2D eigenvalue weighted by atomic mass is 32.2. The highest BCUT2D eigenvalue weighted by Crippen LogP contribution is 2.31. The molecule has 0 unspecified atom stereocenters. The smallest absolute Gasteiger partial charge is 0.337 e. The predicted molar refractivity (Wildman–Crippen MR) is 154 cm³/mol. The number of aromatic carboxylic acids is 1. The number of sulfonamides is 2. The Bertz CT molecular complexity index is 1800. The number of rotatable bonds is 10. The van der Waals surface area contributed by atoms with E-state index in [1.54, 1.807) is 24.3 Å². The molecular weight excluding hydrogens is 552 g/mol. The summed E-state index contributed by atoms with van der Waals surface area (Å²) in [5.41, 5.74) is 2.05. The summed E-state index contributed by atoms with van der Waals surface area (Å²) < 4.78 is 61.8. The van der Waals surface area contributed by atoms with E-state index in [0.29, 0.717) is 5.56 Å². The first kappa shape index (κ1) is 28.4. The number of ether oxygens (including phenoxy) is 1. The highest BCUT2D eigenvalue weighted by Gasteiger charge is 2.20. The van der Waals surface area contributed by atoms with Gasteiger partial charge < -0.3 is 9.84 Å². The summed E-state index contributed by atoms with van der Waals surface area (Å²) in [6, 6.07) is 21.0. The molecule has 3 N–H and O–H groups in total. The van der Waals surface area contributed by atoms with Crippen molar-refractivity contribution in [2.75, 3.05) is 9.44 Å². The molecule has 11 heteroatoms. The van der Waals surface area contributed by atoms with Crippen LogP contribution in [0.1, 0.15) is 27.0 Å². The van der Waals surface area contributed by atoms with E-state index in [1.165, 1.54) is 66.7 Å². The highest BCUT2D eigenvalue weighted by molar-refractivity contribution is 7.93. The van der Waals surface area contributed by atoms with Crippen molar-refractivity contribution in [1.29, 1.82) is 0 Å². The van der Waals surface area contributed by atoms with Crippen LogP contribution in [0.3, 0.4) is 0 Å². The molecular formula is C29H26N2O7S2. The van der Waals surface area contributed by atoms with Crippen LogP contribution in [0.2, 0.25) is 0 Å². The summed E-state index contributed by atoms with van der Waals surface area (Å²) in [5, 5.41) is 9.73. The van der Waals surface area contributed by atoms with Gasteiger partial charge in [-0.1, -0.05) is 48.0 Å². The lowest BCUT2D eigenvalue weighted by molar-refractivity contribution is 0.0697. The molecule has 0 heterocycles. The second-order valence-corrected chi connectivity index (χ2v) is 12.3. The molecule has 0 bridgehead atoms. The molecule has 9 nitrogen and oxygen atoms in total. The van der Waals surface area contributed by atoms with Gasteiger partial charge in [0.05, 0.1) is 26.7 Å². The van der Waals surface area contributed by atoms with Crippen LogP contribution in [0.4, 0.5) is 11.4 Å². The molecule has 4 aromatic rings. The summed E-state index contributed by atoms with van der Waals surface area (Å²) in [7, 11) is -7.88. The van der Waals surface area contributed by atoms with Crippen LogP contribution in [0.25, 0.3) is 6.08 Å². The van der Waals surface area contributed by atoms with Crippen LogP contribution in [-0.4, -0.2) is 27.9 Å². The molecule has 0 aliphatic rings. The molecule has 0 atom stereocenters. The Labute approximate surface area is 232 Å². The zero-order valence-electron chi connectivity index (χ0n) is 21.6. The van der Waals surface area contributed by atoms with Crippen LogP contribution in [0.15, 0.2) is 101 Å². The monoisotopic (exact) mass is 578 g/mol. The lowest BCUT2D eigenvalue weighted by Gasteiger charge is -2.15. The molecule has 0 aromatic heterocycles. The van der Waals surface area contributed by atoms with E-state index in [4.69, 9.17) is 4.74 Å². The van der Waals surface area contributed by atoms with Gasteiger partial charge in [0, 0.05) is 5.56 Å². The van der Waals surface area contributed by atoms with Gasteiger partial charge in [0.2, 0.25) is 0 Å². The van der Waals surface area contributed by atoms with Gasteiger partial charge in [0.15, 0.2) is 0 Å². The maximum atomic E-state index is 12.8. The van der Waals surface area contributed by atoms with E-state index in [0.717, 1.165) is 11.1 Å². The third-order valence-corrected chi connectivity index (χ3v) is 8.61. The van der Waals surface area contributed by atoms with Crippen molar-refractivity contribution in [1.82, 2.24) is 0 Å². The van der Waals surface area contributed by atoms with Gasteiger partial charge >= 0.3 is 5.97 Å². The number of hydrogen-bond donors (Lipinski definition) is 3. The molecule has 0 spiro atoms. The molecule has 40 heavy (non-hydrogen) atoms. The summed E-state index contributed by atoms with van der Waals surface area (Å²) in [5.74, 6) is -0.962. The molecule has 4 aromatic carbocycles. The number of benzene rings is 4. The summed E-state index contributed by atoms with van der Waals surface area (Å²) >= 11 is 0. The number of anilines is 2. The number of hydrogen-bond acceptors (Lipinski definition) is 6. The first-order valence-corrected chi connectivity index (χ1v) is 14.9. The van der Waals surface area contributed by atoms with E-state index in [2.05, 4.69) is 16.0 Å². The van der Waals surface area contributed by atoms with Crippen molar-refractivity contribution < 1.29 is 31.5 Å². The van der Waals surface area contributed by atoms with Crippen LogP contribution in [-0.2, 0) is 20.0 Å². The van der Waals surface area contributed by atoms with Gasteiger partial charge in [0.1, 0.15) is 11.5 Å². The average molecular weight is 579 g/mol. The minimum atomic E-state index is -4.03. The quantitative estimate of drug-likeness (QED) is 0.209. The molecule has 4 rings (SSSR count). The molecule has 0 amide bonds. The molecule has 0 fully saturated rings. The number of carboxylic acids is 1. The number of carbonyl (C=O) groups is 1. The van der Waals surface area contributed by atoms with Crippen molar-refractivity contribution in [3.8, 4) is 11.5 Å². The number of carboxylic acid groups (broad SMARTS) is 1. The van der Waals surface area contributed by atoms with Gasteiger partial charge in [-0.05, 0) is 74.5 Å². The van der Waals surface area contributed by atoms with E-state index < -0.39 is 26.0 Å². The van der Waals surface area contributed by atoms with E-state index >= 15 is 0 Å². The zero-order chi connectivity index (χ0) is 29.1. The Morgan fingerprint density at radius 2 is 1.18 bits per heavy atom. The minimum absolute atomic E-state index is 0.00943. The largest absolute Gasteiger partial charge is 0.478 e. The van der Waals surface area contributed by atoms with Crippen LogP contribution in [0.5, 0.6) is 11.5 Å². The molecule has 0 saturated heterocycles. The lowest BCUT2D eigenvalue weighted by atomic mass is 10.1. The SMILES string of the molecule is C=Cc1cc(Oc2ccc(NS(=O)(=O)c3ccc(C)cc3)c(C(=O)O)c2)ccc1NS(=O)(=O)c1ccc(C)cc1. The van der Waals surface area contributed by atoms with Gasteiger partial charge in [-0.25, -0.2) is 21.6 Å². The predicted octanol–water partition coefficient (Wildman–Crippen LogP) is 6.04. The van der Waals surface area contributed by atoms with E-state index in [9.17, 15) is 26.7 Å². The van der Waals surface area contributed by atoms with Crippen LogP contribution in [0, 0.1) is 13.8 Å². The normalized spacial score (nSPS) is 11.4. The zero-order valence-corrected chi connectivity index (χ0v) is 23.2. The molecule has 0 saturated carbocycles. The Balaban J connectivity index is 1.57. The minimum Gasteiger partial charge on any atom is -0.478 e. The average Bonchev–Trinajstić information content (AvgIpc) is 2.90. The van der Waals surface area contributed by atoms with Crippen molar-refractivity contribution >= 4 is 43.5 Å². The third-order valence-electron chi connectivity index (χ3n) is 5.85. The van der Waals surface area contributed by atoms with Crippen molar-refractivity contribution in [2.45, 2.75) is 23.6 Å². The summed E-state index contributed by atoms with van der Waals surface area (Å²) in [6.45, 7) is 7.41. The first-order valence-electron chi connectivity index (χ1n) is 11.9. The second kappa shape index (κ2) is 11.2. The van der Waals surface area contributed by atoms with Gasteiger partial charge in [-0.3, -0.25) is 9.44 Å². The maximum absolute atomic E-state index is 12.8. The molecule has 0 aliphatic carbocycles. The van der Waals surface area contributed by atoms with Crippen LogP contribution >= 0.6 is 0 Å². The van der Waals surface area contributed by atoms with Crippen molar-refractivity contribution in [2.24, 2.45) is 0 Å². The Morgan fingerprint density at radius 1 is 0.725 bits per heavy atom. The molecule has 0 aliphatic heterocycles. The van der Waals surface area contributed by atoms with E-state index in [1.807, 2.05) is 13.8 Å². The molecule has 206 valence electrons. The van der Waals surface area contributed by atoms with Crippen molar-refractivity contribution in [3.05, 3.63) is 114 Å². The molecule has 0 radical (unpaired) electrons. The first-order chi connectivity index (χ1) is 18.9. The number of aryl methyl sites for hydroxylation is 2. The Hall–Kier alpha value is -4.61. The summed E-state index contributed by atoms with van der Waals surface area (Å²) in [4.78, 5) is 12.0. The van der Waals surface area contributed by atoms with Gasteiger partial charge in [-0.2, -0.15) is 0 Å². The van der Waals surface area contributed by atoms with E-state index in [-0.39, 0.29) is 38.2 Å². The summed E-state index contributed by atoms with van der Waals surface area (Å²) in [6.07, 6.45) is 1.45. The maximum Gasteiger partial charge on any atom is 0.337 e. The van der Waals surface area contributed by atoms with Crippen molar-refractivity contribution in [3.63, 3.8) is 0 Å². The standard InChI is InChI=1S/C29H26N2O7S2/c1-4-21-17-22(9-15-27(21)30-39(34,35)24-11-5-19(2)6-12-24)38-23-10-16-28(26(18-23)29(32)33)31-40(36,37)25-13-7-20(3)8-14-25/h4-18,30-31H,1H2,2-3H3,(H,32,33). The fourth-order valence-corrected chi connectivity index (χ4v) is 5.86. The third kappa shape index (κ3) is 6.50. The fraction of sp³-hybridized carbons (Fsp3) is 0.0690. The van der Waals surface area contributed by atoms with Crippen LogP contribution < -0.4 is 14.2 Å². The fourth-order valence-electron chi connectivity index (χ4n) is 3.70. The van der Waals surface area contributed by atoms with Gasteiger partial charge in [-0.15, -0.1) is 0 Å². The lowest BCUT2D eigenvalue weighted by Crippen LogP contribution is -2.15. The second-order valence-electron chi connectivity index (χ2n) is 8.90. The Morgan fingerprint density at radius 3 is 1.65 bits per heavy atom. The Kier molecular flexibility index (Phi) is 7.98. The van der Waals surface area contributed by atoms with Gasteiger partial charge in [0.25, 0.3) is 20.0 Å².